The summed E-state index contributed by atoms with van der Waals surface area (Å²) in [5, 5.41) is 20.9. The molecule has 0 bridgehead atoms. The summed E-state index contributed by atoms with van der Waals surface area (Å²) in [5.74, 6) is 0.284. The van der Waals surface area contributed by atoms with Gasteiger partial charge in [0.05, 0.1) is 18.5 Å². The number of hydrogen-bond acceptors (Lipinski definition) is 4. The lowest BCUT2D eigenvalue weighted by atomic mass is 10.1. The van der Waals surface area contributed by atoms with Crippen molar-refractivity contribution in [1.82, 2.24) is 0 Å². The third-order valence-corrected chi connectivity index (χ3v) is 3.00. The molecule has 108 valence electrons. The van der Waals surface area contributed by atoms with Crippen LogP contribution in [0.2, 0.25) is 0 Å². The molecule has 5 heteroatoms. The van der Waals surface area contributed by atoms with Crippen LogP contribution in [0.25, 0.3) is 6.08 Å². The third kappa shape index (κ3) is 3.82. The quantitative estimate of drug-likeness (QED) is 0.676. The Bertz CT molecular complexity index is 665. The van der Waals surface area contributed by atoms with Crippen LogP contribution in [0, 0.1) is 10.1 Å². The van der Waals surface area contributed by atoms with Gasteiger partial charge in [0.1, 0.15) is 0 Å². The van der Waals surface area contributed by atoms with E-state index in [1.807, 2.05) is 30.3 Å². The van der Waals surface area contributed by atoms with Crippen LogP contribution in [0.3, 0.4) is 0 Å². The third-order valence-electron chi connectivity index (χ3n) is 3.00. The normalized spacial score (nSPS) is 11.2. The lowest BCUT2D eigenvalue weighted by Crippen LogP contribution is -2.02. The Balaban J connectivity index is 2.29. The second-order valence-corrected chi connectivity index (χ2v) is 4.49. The highest BCUT2D eigenvalue weighted by Gasteiger charge is 2.12. The average molecular weight is 285 g/mol. The summed E-state index contributed by atoms with van der Waals surface area (Å²) < 4.78 is 4.94. The fourth-order valence-corrected chi connectivity index (χ4v) is 1.96. The van der Waals surface area contributed by atoms with Gasteiger partial charge >= 0.3 is 0 Å². The maximum absolute atomic E-state index is 11.2. The van der Waals surface area contributed by atoms with Crippen molar-refractivity contribution < 1.29 is 14.8 Å². The molecule has 0 fully saturated rings. The maximum Gasteiger partial charge on any atom is 0.251 e. The van der Waals surface area contributed by atoms with Crippen molar-refractivity contribution >= 4 is 6.08 Å². The molecule has 0 radical (unpaired) electrons. The van der Waals surface area contributed by atoms with E-state index in [-0.39, 0.29) is 17.9 Å². The van der Waals surface area contributed by atoms with Gasteiger partial charge in [-0.15, -0.1) is 0 Å². The first-order valence-corrected chi connectivity index (χ1v) is 6.36. The van der Waals surface area contributed by atoms with E-state index in [1.54, 1.807) is 12.1 Å². The molecular weight excluding hydrogens is 270 g/mol. The Morgan fingerprint density at radius 3 is 2.57 bits per heavy atom. The van der Waals surface area contributed by atoms with E-state index in [9.17, 15) is 15.2 Å². The maximum atomic E-state index is 11.2. The fraction of sp³-hybridized carbons (Fsp3) is 0.125. The van der Waals surface area contributed by atoms with E-state index in [4.69, 9.17) is 4.74 Å². The number of nitro groups is 1. The minimum absolute atomic E-state index is 0.0475. The first-order valence-electron chi connectivity index (χ1n) is 6.36. The highest BCUT2D eigenvalue weighted by atomic mass is 16.6. The van der Waals surface area contributed by atoms with Crippen molar-refractivity contribution in [2.45, 2.75) is 6.42 Å². The van der Waals surface area contributed by atoms with E-state index in [2.05, 4.69) is 0 Å². The Hall–Kier alpha value is -2.82. The van der Waals surface area contributed by atoms with E-state index in [0.717, 1.165) is 5.56 Å². The molecular formula is C16H15NO4. The SMILES string of the molecule is COc1ccc(C=C(Cc2ccccc2)[N+](=O)[O-])cc1O. The zero-order valence-electron chi connectivity index (χ0n) is 11.5. The van der Waals surface area contributed by atoms with Gasteiger partial charge in [-0.3, -0.25) is 10.1 Å². The molecule has 2 aromatic rings. The molecule has 0 unspecified atom stereocenters. The highest BCUT2D eigenvalue weighted by Crippen LogP contribution is 2.27. The summed E-state index contributed by atoms with van der Waals surface area (Å²) in [4.78, 5) is 10.8. The van der Waals surface area contributed by atoms with Crippen molar-refractivity contribution in [3.63, 3.8) is 0 Å². The number of phenolic OH excluding ortho intramolecular Hbond substituents is 1. The molecule has 5 nitrogen and oxygen atoms in total. The van der Waals surface area contributed by atoms with Crippen molar-refractivity contribution in [1.29, 1.82) is 0 Å². The lowest BCUT2D eigenvalue weighted by Gasteiger charge is -2.04. The summed E-state index contributed by atoms with van der Waals surface area (Å²) in [5.41, 5.74) is 1.47. The van der Waals surface area contributed by atoms with E-state index in [0.29, 0.717) is 11.3 Å². The van der Waals surface area contributed by atoms with Crippen LogP contribution in [0.15, 0.2) is 54.2 Å². The molecule has 21 heavy (non-hydrogen) atoms. The van der Waals surface area contributed by atoms with E-state index < -0.39 is 4.92 Å². The predicted octanol–water partition coefficient (Wildman–Crippen LogP) is 3.26. The number of nitrogens with zero attached hydrogens (tertiary/aromatic N) is 1. The fourth-order valence-electron chi connectivity index (χ4n) is 1.96. The van der Waals surface area contributed by atoms with Gasteiger partial charge in [0.15, 0.2) is 11.5 Å². The number of allylic oxidation sites excluding steroid dienone is 1. The molecule has 0 aromatic heterocycles. The van der Waals surface area contributed by atoms with Gasteiger partial charge in [-0.25, -0.2) is 0 Å². The van der Waals surface area contributed by atoms with Crippen molar-refractivity contribution in [2.75, 3.05) is 7.11 Å². The topological polar surface area (TPSA) is 72.6 Å². The van der Waals surface area contributed by atoms with Crippen LogP contribution in [0.5, 0.6) is 11.5 Å². The molecule has 0 aliphatic carbocycles. The lowest BCUT2D eigenvalue weighted by molar-refractivity contribution is -0.425. The molecule has 0 saturated heterocycles. The standard InChI is InChI=1S/C16H15NO4/c1-21-16-8-7-13(11-15(16)18)10-14(17(19)20)9-12-5-3-2-4-6-12/h2-8,10-11,18H,9H2,1H3. The molecule has 0 saturated carbocycles. The first kappa shape index (κ1) is 14.6. The Labute approximate surface area is 122 Å². The van der Waals surface area contributed by atoms with Crippen LogP contribution < -0.4 is 4.74 Å². The van der Waals surface area contributed by atoms with Crippen LogP contribution in [-0.2, 0) is 6.42 Å². The van der Waals surface area contributed by atoms with Gasteiger partial charge in [-0.1, -0.05) is 36.4 Å². The summed E-state index contributed by atoms with van der Waals surface area (Å²) in [6, 6.07) is 13.9. The van der Waals surface area contributed by atoms with Crippen LogP contribution >= 0.6 is 0 Å². The number of hydrogen-bond donors (Lipinski definition) is 1. The van der Waals surface area contributed by atoms with Gasteiger partial charge in [-0.2, -0.15) is 0 Å². The van der Waals surface area contributed by atoms with Crippen molar-refractivity contribution in [3.8, 4) is 11.5 Å². The number of methoxy groups -OCH3 is 1. The van der Waals surface area contributed by atoms with Gasteiger partial charge in [0.25, 0.3) is 5.70 Å². The molecule has 0 amide bonds. The molecule has 0 aliphatic heterocycles. The van der Waals surface area contributed by atoms with Crippen LogP contribution in [0.4, 0.5) is 0 Å². The minimum Gasteiger partial charge on any atom is -0.504 e. The van der Waals surface area contributed by atoms with Crippen LogP contribution in [0.1, 0.15) is 11.1 Å². The summed E-state index contributed by atoms with van der Waals surface area (Å²) in [6.07, 6.45) is 1.67. The largest absolute Gasteiger partial charge is 0.504 e. The second-order valence-electron chi connectivity index (χ2n) is 4.49. The second kappa shape index (κ2) is 6.56. The smallest absolute Gasteiger partial charge is 0.251 e. The van der Waals surface area contributed by atoms with Gasteiger partial charge in [-0.05, 0) is 23.3 Å². The summed E-state index contributed by atoms with van der Waals surface area (Å²) in [6.45, 7) is 0. The number of phenols is 1. The van der Waals surface area contributed by atoms with E-state index in [1.165, 1.54) is 19.3 Å². The molecule has 1 N–H and O–H groups in total. The predicted molar refractivity (Wildman–Crippen MR) is 79.8 cm³/mol. The highest BCUT2D eigenvalue weighted by molar-refractivity contribution is 5.57. The Morgan fingerprint density at radius 2 is 2.00 bits per heavy atom. The van der Waals surface area contributed by atoms with E-state index >= 15 is 0 Å². The number of rotatable bonds is 5. The molecule has 2 aromatic carbocycles. The van der Waals surface area contributed by atoms with Gasteiger partial charge in [0.2, 0.25) is 0 Å². The average Bonchev–Trinajstić information content (AvgIpc) is 2.48. The number of ether oxygens (including phenoxy) is 1. The zero-order valence-corrected chi connectivity index (χ0v) is 11.5. The molecule has 0 aliphatic rings. The zero-order chi connectivity index (χ0) is 15.2. The molecule has 0 spiro atoms. The van der Waals surface area contributed by atoms with Crippen LogP contribution in [-0.4, -0.2) is 17.1 Å². The summed E-state index contributed by atoms with van der Waals surface area (Å²) in [7, 11) is 1.45. The minimum atomic E-state index is -0.408. The Morgan fingerprint density at radius 1 is 1.29 bits per heavy atom. The molecule has 0 atom stereocenters. The number of benzene rings is 2. The monoisotopic (exact) mass is 285 g/mol. The molecule has 2 rings (SSSR count). The van der Waals surface area contributed by atoms with Gasteiger partial charge < -0.3 is 9.84 Å². The van der Waals surface area contributed by atoms with Crippen molar-refractivity contribution in [3.05, 3.63) is 75.5 Å². The summed E-state index contributed by atoms with van der Waals surface area (Å²) >= 11 is 0. The number of aromatic hydroxyl groups is 1. The molecule has 0 heterocycles. The van der Waals surface area contributed by atoms with Gasteiger partial charge in [0, 0.05) is 6.08 Å². The van der Waals surface area contributed by atoms with Crippen molar-refractivity contribution in [2.24, 2.45) is 0 Å². The first-order chi connectivity index (χ1) is 10.1. The Kier molecular flexibility index (Phi) is 4.56.